The van der Waals surface area contributed by atoms with Crippen LogP contribution in [0.1, 0.15) is 25.3 Å². The van der Waals surface area contributed by atoms with Crippen LogP contribution in [0.25, 0.3) is 0 Å². The van der Waals surface area contributed by atoms with Gasteiger partial charge < -0.3 is 4.74 Å². The summed E-state index contributed by atoms with van der Waals surface area (Å²) >= 11 is 11.5. The lowest BCUT2D eigenvalue weighted by Crippen LogP contribution is -2.02. The molecule has 3 heteroatoms. The van der Waals surface area contributed by atoms with Gasteiger partial charge in [0.1, 0.15) is 0 Å². The highest BCUT2D eigenvalue weighted by atomic mass is 35.5. The lowest BCUT2D eigenvalue weighted by molar-refractivity contribution is 0.108. The van der Waals surface area contributed by atoms with Crippen molar-refractivity contribution in [2.75, 3.05) is 12.5 Å². The van der Waals surface area contributed by atoms with Crippen LogP contribution in [-0.4, -0.2) is 12.5 Å². The Morgan fingerprint density at radius 2 is 1.88 bits per heavy atom. The fraction of sp³-hybridized carbons (Fsp3) is 0.538. The molecule has 0 N–H and O–H groups in total. The molecule has 1 nitrogen and oxygen atoms in total. The van der Waals surface area contributed by atoms with E-state index in [4.69, 9.17) is 27.9 Å². The molecule has 1 aromatic rings. The van der Waals surface area contributed by atoms with Crippen LogP contribution in [0, 0.1) is 5.92 Å². The molecule has 0 bridgehead atoms. The van der Waals surface area contributed by atoms with Gasteiger partial charge in [0.05, 0.1) is 6.61 Å². The Bertz CT molecular complexity index is 284. The van der Waals surface area contributed by atoms with Crippen molar-refractivity contribution in [1.29, 1.82) is 0 Å². The molecule has 1 aromatic carbocycles. The van der Waals surface area contributed by atoms with E-state index >= 15 is 0 Å². The van der Waals surface area contributed by atoms with Gasteiger partial charge in [0.15, 0.2) is 0 Å². The molecule has 0 saturated carbocycles. The zero-order valence-corrected chi connectivity index (χ0v) is 11.1. The summed E-state index contributed by atoms with van der Waals surface area (Å²) in [5, 5.41) is 0.763. The highest BCUT2D eigenvalue weighted by Crippen LogP contribution is 2.12. The minimum absolute atomic E-state index is 0.641. The molecule has 1 rings (SSSR count). The predicted octanol–water partition coefficient (Wildman–Crippen LogP) is 4.51. The summed E-state index contributed by atoms with van der Waals surface area (Å²) in [6.45, 7) is 3.65. The van der Waals surface area contributed by atoms with Crippen molar-refractivity contribution in [2.45, 2.75) is 26.4 Å². The van der Waals surface area contributed by atoms with Crippen LogP contribution in [0.5, 0.6) is 0 Å². The van der Waals surface area contributed by atoms with Gasteiger partial charge in [-0.1, -0.05) is 30.7 Å². The molecular formula is C13H18Cl2O. The number of halogens is 2. The first-order valence-electron chi connectivity index (χ1n) is 5.60. The second kappa shape index (κ2) is 7.94. The van der Waals surface area contributed by atoms with Crippen LogP contribution in [-0.2, 0) is 11.3 Å². The zero-order valence-electron chi connectivity index (χ0n) is 9.59. The molecule has 0 aliphatic heterocycles. The summed E-state index contributed by atoms with van der Waals surface area (Å²) in [5.74, 6) is 1.38. The van der Waals surface area contributed by atoms with E-state index in [2.05, 4.69) is 6.92 Å². The molecule has 16 heavy (non-hydrogen) atoms. The van der Waals surface area contributed by atoms with E-state index < -0.39 is 0 Å². The summed E-state index contributed by atoms with van der Waals surface area (Å²) in [6, 6.07) is 7.75. The van der Waals surface area contributed by atoms with Gasteiger partial charge in [-0.3, -0.25) is 0 Å². The highest BCUT2D eigenvalue weighted by Gasteiger charge is 2.01. The molecule has 0 aliphatic rings. The fourth-order valence-corrected chi connectivity index (χ4v) is 1.88. The zero-order chi connectivity index (χ0) is 11.8. The number of alkyl halides is 1. The van der Waals surface area contributed by atoms with Crippen LogP contribution in [0.2, 0.25) is 5.02 Å². The second-order valence-corrected chi connectivity index (χ2v) is 4.86. The van der Waals surface area contributed by atoms with Crippen LogP contribution < -0.4 is 0 Å². The van der Waals surface area contributed by atoms with Crippen molar-refractivity contribution in [3.63, 3.8) is 0 Å². The SMILES string of the molecule is CC(CCCl)CCOCc1ccc(Cl)cc1. The first kappa shape index (κ1) is 13.8. The summed E-state index contributed by atoms with van der Waals surface area (Å²) in [4.78, 5) is 0. The Balaban J connectivity index is 2.13. The van der Waals surface area contributed by atoms with Gasteiger partial charge in [0, 0.05) is 17.5 Å². The number of ether oxygens (including phenoxy) is 1. The Hall–Kier alpha value is -0.240. The topological polar surface area (TPSA) is 9.23 Å². The minimum atomic E-state index is 0.641. The molecular weight excluding hydrogens is 243 g/mol. The Morgan fingerprint density at radius 3 is 2.50 bits per heavy atom. The smallest absolute Gasteiger partial charge is 0.0716 e. The average Bonchev–Trinajstić information content (AvgIpc) is 2.27. The van der Waals surface area contributed by atoms with Crippen LogP contribution in [0.4, 0.5) is 0 Å². The monoisotopic (exact) mass is 260 g/mol. The van der Waals surface area contributed by atoms with E-state index in [1.165, 1.54) is 0 Å². The maximum atomic E-state index is 5.80. The third-order valence-electron chi connectivity index (χ3n) is 2.54. The van der Waals surface area contributed by atoms with Crippen molar-refractivity contribution in [1.82, 2.24) is 0 Å². The quantitative estimate of drug-likeness (QED) is 0.518. The van der Waals surface area contributed by atoms with Crippen molar-refractivity contribution >= 4 is 23.2 Å². The Labute approximate surface area is 108 Å². The maximum absolute atomic E-state index is 5.80. The predicted molar refractivity (Wildman–Crippen MR) is 70.2 cm³/mol. The Kier molecular flexibility index (Phi) is 6.86. The normalized spacial score (nSPS) is 12.7. The van der Waals surface area contributed by atoms with Crippen molar-refractivity contribution in [2.24, 2.45) is 5.92 Å². The van der Waals surface area contributed by atoms with Crippen LogP contribution in [0.15, 0.2) is 24.3 Å². The number of hydrogen-bond acceptors (Lipinski definition) is 1. The largest absolute Gasteiger partial charge is 0.377 e. The standard InChI is InChI=1S/C13H18Cl2O/c1-11(6-8-14)7-9-16-10-12-2-4-13(15)5-3-12/h2-5,11H,6-10H2,1H3. The first-order chi connectivity index (χ1) is 7.72. The average molecular weight is 261 g/mol. The number of hydrogen-bond donors (Lipinski definition) is 0. The summed E-state index contributed by atoms with van der Waals surface area (Å²) in [6.07, 6.45) is 2.13. The summed E-state index contributed by atoms with van der Waals surface area (Å²) < 4.78 is 5.59. The molecule has 90 valence electrons. The van der Waals surface area contributed by atoms with E-state index in [9.17, 15) is 0 Å². The van der Waals surface area contributed by atoms with Crippen molar-refractivity contribution in [3.8, 4) is 0 Å². The Morgan fingerprint density at radius 1 is 1.19 bits per heavy atom. The fourth-order valence-electron chi connectivity index (χ4n) is 1.39. The van der Waals surface area contributed by atoms with E-state index in [-0.39, 0.29) is 0 Å². The number of rotatable bonds is 7. The molecule has 0 aliphatic carbocycles. The number of benzene rings is 1. The van der Waals surface area contributed by atoms with Crippen molar-refractivity contribution < 1.29 is 4.74 Å². The molecule has 0 radical (unpaired) electrons. The van der Waals surface area contributed by atoms with E-state index in [0.717, 1.165) is 35.9 Å². The molecule has 0 amide bonds. The summed E-state index contributed by atoms with van der Waals surface area (Å²) in [5.41, 5.74) is 1.16. The van der Waals surface area contributed by atoms with Crippen LogP contribution >= 0.6 is 23.2 Å². The van der Waals surface area contributed by atoms with E-state index in [1.54, 1.807) is 0 Å². The molecule has 0 fully saturated rings. The first-order valence-corrected chi connectivity index (χ1v) is 6.51. The highest BCUT2D eigenvalue weighted by molar-refractivity contribution is 6.30. The van der Waals surface area contributed by atoms with Crippen molar-refractivity contribution in [3.05, 3.63) is 34.9 Å². The molecule has 0 heterocycles. The second-order valence-electron chi connectivity index (χ2n) is 4.05. The van der Waals surface area contributed by atoms with Gasteiger partial charge >= 0.3 is 0 Å². The molecule has 0 aromatic heterocycles. The van der Waals surface area contributed by atoms with Gasteiger partial charge in [-0.05, 0) is 36.5 Å². The minimum Gasteiger partial charge on any atom is -0.377 e. The lowest BCUT2D eigenvalue weighted by Gasteiger charge is -2.09. The third-order valence-corrected chi connectivity index (χ3v) is 3.01. The molecule has 1 atom stereocenters. The van der Waals surface area contributed by atoms with Gasteiger partial charge in [-0.25, -0.2) is 0 Å². The lowest BCUT2D eigenvalue weighted by atomic mass is 10.1. The third kappa shape index (κ3) is 5.74. The van der Waals surface area contributed by atoms with Gasteiger partial charge in [-0.15, -0.1) is 11.6 Å². The van der Waals surface area contributed by atoms with Gasteiger partial charge in [0.25, 0.3) is 0 Å². The van der Waals surface area contributed by atoms with Gasteiger partial charge in [0.2, 0.25) is 0 Å². The summed E-state index contributed by atoms with van der Waals surface area (Å²) in [7, 11) is 0. The molecule has 1 unspecified atom stereocenters. The van der Waals surface area contributed by atoms with E-state index in [1.807, 2.05) is 24.3 Å². The maximum Gasteiger partial charge on any atom is 0.0716 e. The van der Waals surface area contributed by atoms with Gasteiger partial charge in [-0.2, -0.15) is 0 Å². The molecule has 0 saturated heterocycles. The van der Waals surface area contributed by atoms with E-state index in [0.29, 0.717) is 12.5 Å². The molecule has 0 spiro atoms. The van der Waals surface area contributed by atoms with Crippen LogP contribution in [0.3, 0.4) is 0 Å².